The molecule has 3 aromatic rings. The molecule has 0 saturated carbocycles. The molecule has 0 saturated heterocycles. The lowest BCUT2D eigenvalue weighted by Gasteiger charge is -2.20. The van der Waals surface area contributed by atoms with Crippen LogP contribution in [0.3, 0.4) is 0 Å². The number of nitrogens with zero attached hydrogens (tertiary/aromatic N) is 1. The molecule has 0 aliphatic heterocycles. The number of hydrogen-bond donors (Lipinski definition) is 5. The van der Waals surface area contributed by atoms with Gasteiger partial charge < -0.3 is 30.6 Å². The Morgan fingerprint density at radius 3 is 2.25 bits per heavy atom. The zero-order valence-electron chi connectivity index (χ0n) is 31.0. The molecule has 6 N–H and O–H groups in total. The van der Waals surface area contributed by atoms with Crippen LogP contribution in [-0.2, 0) is 41.9 Å². The Morgan fingerprint density at radius 2 is 1.62 bits per heavy atom. The standard InChI is InChI=1S/C37H50N6O9S/c1-24-21-29(51-20-8-11-32(44)39-19-18-38)22-25(2)33(24)53(48,49)43-30(35(46)50-6)23-40-34(45)27-15-12-26(13-16-27)14-17-28-9-7-10-31(41-28)42-36(47)52-37(3,4)5/h7,9-10,12-13,15-16,21-22,30,43H,8,11,14,17-20,23,38H2,1-6H3,(H,39,44)(H,40,45)(H,41,42,47). The largest absolute Gasteiger partial charge is 0.494 e. The zero-order chi connectivity index (χ0) is 39.2. The molecule has 0 aliphatic rings. The minimum absolute atomic E-state index is 0.0388. The summed E-state index contributed by atoms with van der Waals surface area (Å²) in [5.41, 5.74) is 7.49. The van der Waals surface area contributed by atoms with Crippen molar-refractivity contribution >= 4 is 39.7 Å². The molecule has 288 valence electrons. The SMILES string of the molecule is COC(=O)C(CNC(=O)c1ccc(CCc2cccc(NC(=O)OC(C)(C)C)n2)cc1)NS(=O)(=O)c1c(C)cc(OCCCC(=O)NCCN)cc1C. The molecule has 0 fully saturated rings. The van der Waals surface area contributed by atoms with Gasteiger partial charge in [-0.3, -0.25) is 19.7 Å². The number of benzene rings is 2. The average molecular weight is 755 g/mol. The first kappa shape index (κ1) is 42.4. The summed E-state index contributed by atoms with van der Waals surface area (Å²) in [5, 5.41) is 7.92. The van der Waals surface area contributed by atoms with Crippen molar-refractivity contribution in [3.05, 3.63) is 82.5 Å². The second kappa shape index (κ2) is 19.7. The fourth-order valence-electron chi connectivity index (χ4n) is 5.19. The van der Waals surface area contributed by atoms with Gasteiger partial charge in [-0.1, -0.05) is 18.2 Å². The molecule has 1 atom stereocenters. The molecule has 1 heterocycles. The summed E-state index contributed by atoms with van der Waals surface area (Å²) in [6.45, 7) is 9.15. The van der Waals surface area contributed by atoms with E-state index in [1.165, 1.54) is 0 Å². The maximum atomic E-state index is 13.5. The van der Waals surface area contributed by atoms with Crippen LogP contribution in [0.15, 0.2) is 59.5 Å². The Kier molecular flexibility index (Phi) is 15.7. The van der Waals surface area contributed by atoms with Crippen LogP contribution in [0.1, 0.15) is 66.4 Å². The summed E-state index contributed by atoms with van der Waals surface area (Å²) >= 11 is 0. The Morgan fingerprint density at radius 1 is 0.943 bits per heavy atom. The van der Waals surface area contributed by atoms with E-state index in [0.29, 0.717) is 60.6 Å². The zero-order valence-corrected chi connectivity index (χ0v) is 31.9. The van der Waals surface area contributed by atoms with Crippen molar-refractivity contribution in [2.24, 2.45) is 5.73 Å². The molecule has 1 aromatic heterocycles. The summed E-state index contributed by atoms with van der Waals surface area (Å²) in [5.74, 6) is -0.720. The number of nitrogens with one attached hydrogen (secondary N) is 4. The Balaban J connectivity index is 1.57. The molecule has 15 nitrogen and oxygen atoms in total. The van der Waals surface area contributed by atoms with Crippen LogP contribution in [0.25, 0.3) is 0 Å². The van der Waals surface area contributed by atoms with Crippen LogP contribution in [0.2, 0.25) is 0 Å². The first-order chi connectivity index (χ1) is 25.0. The molecule has 0 spiro atoms. The van der Waals surface area contributed by atoms with E-state index in [4.69, 9.17) is 19.9 Å². The highest BCUT2D eigenvalue weighted by Gasteiger charge is 2.29. The number of ether oxygens (including phenoxy) is 3. The Labute approximate surface area is 310 Å². The highest BCUT2D eigenvalue weighted by molar-refractivity contribution is 7.89. The number of esters is 1. The van der Waals surface area contributed by atoms with Crippen molar-refractivity contribution in [3.63, 3.8) is 0 Å². The third-order valence-electron chi connectivity index (χ3n) is 7.56. The van der Waals surface area contributed by atoms with Crippen LogP contribution in [-0.4, -0.2) is 82.3 Å². The summed E-state index contributed by atoms with van der Waals surface area (Å²) in [6, 6.07) is 13.8. The fraction of sp³-hybridized carbons (Fsp3) is 0.432. The minimum Gasteiger partial charge on any atom is -0.494 e. The topological polar surface area (TPSA) is 217 Å². The van der Waals surface area contributed by atoms with Crippen molar-refractivity contribution < 1.29 is 41.8 Å². The van der Waals surface area contributed by atoms with Crippen molar-refractivity contribution in [1.82, 2.24) is 20.3 Å². The second-order valence-corrected chi connectivity index (χ2v) is 14.9. The summed E-state index contributed by atoms with van der Waals surface area (Å²) in [7, 11) is -3.13. The molecular formula is C37H50N6O9S. The van der Waals surface area contributed by atoms with Gasteiger partial charge in [-0.2, -0.15) is 4.72 Å². The molecule has 2 aromatic carbocycles. The highest BCUT2D eigenvalue weighted by Crippen LogP contribution is 2.26. The van der Waals surface area contributed by atoms with Crippen LogP contribution in [0, 0.1) is 13.8 Å². The van der Waals surface area contributed by atoms with Crippen molar-refractivity contribution in [3.8, 4) is 5.75 Å². The smallest absolute Gasteiger partial charge is 0.413 e. The maximum absolute atomic E-state index is 13.5. The summed E-state index contributed by atoms with van der Waals surface area (Å²) < 4.78 is 45.2. The number of nitrogens with two attached hydrogens (primary N) is 1. The van der Waals surface area contributed by atoms with Gasteiger partial charge >= 0.3 is 12.1 Å². The van der Waals surface area contributed by atoms with E-state index < -0.39 is 39.6 Å². The number of aryl methyl sites for hydroxylation is 4. The molecule has 3 amide bonds. The number of methoxy groups -OCH3 is 1. The number of amides is 3. The van der Waals surface area contributed by atoms with Gasteiger partial charge in [0.05, 0.1) is 18.6 Å². The van der Waals surface area contributed by atoms with E-state index in [1.807, 2.05) is 6.07 Å². The van der Waals surface area contributed by atoms with E-state index in [2.05, 4.69) is 25.7 Å². The number of rotatable bonds is 18. The van der Waals surface area contributed by atoms with Gasteiger partial charge in [-0.15, -0.1) is 0 Å². The van der Waals surface area contributed by atoms with Gasteiger partial charge in [0.2, 0.25) is 15.9 Å². The van der Waals surface area contributed by atoms with Gasteiger partial charge in [-0.25, -0.2) is 18.2 Å². The third-order valence-corrected chi connectivity index (χ3v) is 9.33. The molecular weight excluding hydrogens is 705 g/mol. The highest BCUT2D eigenvalue weighted by atomic mass is 32.2. The van der Waals surface area contributed by atoms with E-state index in [1.54, 1.807) is 83.1 Å². The summed E-state index contributed by atoms with van der Waals surface area (Å²) in [6.07, 6.45) is 1.30. The normalized spacial score (nSPS) is 12.0. The number of carbonyl (C=O) groups is 4. The van der Waals surface area contributed by atoms with Crippen LogP contribution < -0.4 is 31.1 Å². The van der Waals surface area contributed by atoms with E-state index in [9.17, 15) is 27.6 Å². The molecule has 53 heavy (non-hydrogen) atoms. The van der Waals surface area contributed by atoms with Gasteiger partial charge in [-0.05, 0) is 107 Å². The van der Waals surface area contributed by atoms with Crippen LogP contribution in [0.5, 0.6) is 5.75 Å². The number of aromatic nitrogens is 1. The third kappa shape index (κ3) is 14.1. The molecule has 3 rings (SSSR count). The summed E-state index contributed by atoms with van der Waals surface area (Å²) in [4.78, 5) is 53.9. The lowest BCUT2D eigenvalue weighted by Crippen LogP contribution is -2.49. The van der Waals surface area contributed by atoms with Crippen LogP contribution in [0.4, 0.5) is 10.6 Å². The second-order valence-electron chi connectivity index (χ2n) is 13.2. The first-order valence-corrected chi connectivity index (χ1v) is 18.6. The molecule has 0 aliphatic carbocycles. The number of anilines is 1. The van der Waals surface area contributed by atoms with Crippen molar-refractivity contribution in [2.45, 2.75) is 76.8 Å². The van der Waals surface area contributed by atoms with Gasteiger partial charge in [0.25, 0.3) is 5.91 Å². The number of carbonyl (C=O) groups excluding carboxylic acids is 4. The lowest BCUT2D eigenvalue weighted by molar-refractivity contribution is -0.142. The first-order valence-electron chi connectivity index (χ1n) is 17.2. The lowest BCUT2D eigenvalue weighted by atomic mass is 10.1. The molecule has 16 heteroatoms. The number of pyridine rings is 1. The Hall–Kier alpha value is -5.06. The predicted molar refractivity (Wildman–Crippen MR) is 199 cm³/mol. The van der Waals surface area contributed by atoms with Gasteiger partial charge in [0, 0.05) is 37.3 Å². The maximum Gasteiger partial charge on any atom is 0.413 e. The van der Waals surface area contributed by atoms with Gasteiger partial charge in [0.1, 0.15) is 23.2 Å². The quantitative estimate of drug-likeness (QED) is 0.0938. The van der Waals surface area contributed by atoms with Crippen molar-refractivity contribution in [2.75, 3.05) is 38.7 Å². The molecule has 0 bridgehead atoms. The van der Waals surface area contributed by atoms with E-state index in [0.717, 1.165) is 18.4 Å². The molecule has 0 radical (unpaired) electrons. The number of hydrogen-bond acceptors (Lipinski definition) is 11. The average Bonchev–Trinajstić information content (AvgIpc) is 3.08. The van der Waals surface area contributed by atoms with Crippen LogP contribution >= 0.6 is 0 Å². The van der Waals surface area contributed by atoms with E-state index in [-0.39, 0.29) is 30.4 Å². The predicted octanol–water partition coefficient (Wildman–Crippen LogP) is 3.31. The van der Waals surface area contributed by atoms with E-state index >= 15 is 0 Å². The fourth-order valence-corrected chi connectivity index (χ4v) is 6.83. The van der Waals surface area contributed by atoms with Crippen molar-refractivity contribution in [1.29, 1.82) is 0 Å². The minimum atomic E-state index is -4.25. The van der Waals surface area contributed by atoms with Gasteiger partial charge in [0.15, 0.2) is 0 Å². The monoisotopic (exact) mass is 754 g/mol. The molecule has 1 unspecified atom stereocenters. The Bertz CT molecular complexity index is 1820. The number of sulfonamides is 1.